The molecule has 26 heavy (non-hydrogen) atoms. The first kappa shape index (κ1) is 18.7. The SMILES string of the molecule is COc1cc(C)c(S(=O)(=O)N2C[C@@H](N)[C@H](c3ccccc3)C2)cc1OC. The monoisotopic (exact) mass is 376 g/mol. The highest BCUT2D eigenvalue weighted by molar-refractivity contribution is 7.89. The quantitative estimate of drug-likeness (QED) is 0.864. The summed E-state index contributed by atoms with van der Waals surface area (Å²) in [6, 6.07) is 12.7. The molecule has 0 unspecified atom stereocenters. The predicted molar refractivity (Wildman–Crippen MR) is 100 cm³/mol. The van der Waals surface area contributed by atoms with Gasteiger partial charge in [-0.25, -0.2) is 8.42 Å². The number of aryl methyl sites for hydroxylation is 1. The van der Waals surface area contributed by atoms with Gasteiger partial charge in [-0.05, 0) is 24.1 Å². The summed E-state index contributed by atoms with van der Waals surface area (Å²) in [7, 11) is -0.673. The maximum Gasteiger partial charge on any atom is 0.243 e. The molecule has 0 radical (unpaired) electrons. The number of sulfonamides is 1. The Balaban J connectivity index is 1.94. The Morgan fingerprint density at radius 3 is 2.27 bits per heavy atom. The van der Waals surface area contributed by atoms with E-state index < -0.39 is 10.0 Å². The molecule has 140 valence electrons. The number of benzene rings is 2. The van der Waals surface area contributed by atoms with Crippen LogP contribution >= 0.6 is 0 Å². The standard InChI is InChI=1S/C19H24N2O4S/c1-13-9-17(24-2)18(25-3)10-19(13)26(22,23)21-11-15(16(20)12-21)14-7-5-4-6-8-14/h4-10,15-16H,11-12,20H2,1-3H3/t15-,16+/m0/s1. The highest BCUT2D eigenvalue weighted by atomic mass is 32.2. The minimum atomic E-state index is -3.68. The lowest BCUT2D eigenvalue weighted by Gasteiger charge is -2.19. The molecule has 0 bridgehead atoms. The fourth-order valence-electron chi connectivity index (χ4n) is 3.42. The highest BCUT2D eigenvalue weighted by Crippen LogP contribution is 2.36. The van der Waals surface area contributed by atoms with Crippen molar-refractivity contribution in [1.82, 2.24) is 4.31 Å². The van der Waals surface area contributed by atoms with Gasteiger partial charge in [0.25, 0.3) is 0 Å². The van der Waals surface area contributed by atoms with E-state index in [-0.39, 0.29) is 23.4 Å². The van der Waals surface area contributed by atoms with Gasteiger partial charge in [-0.15, -0.1) is 0 Å². The van der Waals surface area contributed by atoms with Gasteiger partial charge in [0.05, 0.1) is 19.1 Å². The van der Waals surface area contributed by atoms with Crippen molar-refractivity contribution in [2.24, 2.45) is 5.73 Å². The molecule has 0 aliphatic carbocycles. The molecule has 2 aromatic rings. The van der Waals surface area contributed by atoms with Crippen molar-refractivity contribution in [2.45, 2.75) is 23.8 Å². The summed E-state index contributed by atoms with van der Waals surface area (Å²) < 4.78 is 38.4. The summed E-state index contributed by atoms with van der Waals surface area (Å²) in [4.78, 5) is 0.219. The summed E-state index contributed by atoms with van der Waals surface area (Å²) in [6.07, 6.45) is 0. The first-order valence-corrected chi connectivity index (χ1v) is 9.85. The molecule has 2 atom stereocenters. The summed E-state index contributed by atoms with van der Waals surface area (Å²) in [5, 5.41) is 0. The van der Waals surface area contributed by atoms with E-state index >= 15 is 0 Å². The van der Waals surface area contributed by atoms with Crippen molar-refractivity contribution >= 4 is 10.0 Å². The minimum absolute atomic E-state index is 0.0218. The molecule has 6 nitrogen and oxygen atoms in total. The van der Waals surface area contributed by atoms with Crippen molar-refractivity contribution in [3.8, 4) is 11.5 Å². The van der Waals surface area contributed by atoms with E-state index in [9.17, 15) is 8.42 Å². The first-order valence-electron chi connectivity index (χ1n) is 8.41. The average Bonchev–Trinajstić information content (AvgIpc) is 3.04. The topological polar surface area (TPSA) is 81.9 Å². The van der Waals surface area contributed by atoms with E-state index in [1.54, 1.807) is 13.0 Å². The van der Waals surface area contributed by atoms with Crippen LogP contribution in [0.4, 0.5) is 0 Å². The number of hydrogen-bond donors (Lipinski definition) is 1. The minimum Gasteiger partial charge on any atom is -0.493 e. The van der Waals surface area contributed by atoms with Gasteiger partial charge in [0, 0.05) is 31.1 Å². The van der Waals surface area contributed by atoms with Crippen molar-refractivity contribution in [3.05, 3.63) is 53.6 Å². The van der Waals surface area contributed by atoms with Crippen LogP contribution in [0.3, 0.4) is 0 Å². The third kappa shape index (κ3) is 3.30. The van der Waals surface area contributed by atoms with Gasteiger partial charge < -0.3 is 15.2 Å². The molecule has 0 amide bonds. The Bertz CT molecular complexity index is 884. The van der Waals surface area contributed by atoms with Crippen molar-refractivity contribution in [3.63, 3.8) is 0 Å². The number of nitrogens with zero attached hydrogens (tertiary/aromatic N) is 1. The molecule has 1 saturated heterocycles. The molecule has 1 heterocycles. The Kier molecular flexibility index (Phi) is 5.22. The Labute approximate surface area is 154 Å². The maximum absolute atomic E-state index is 13.2. The number of methoxy groups -OCH3 is 2. The molecule has 0 spiro atoms. The second-order valence-corrected chi connectivity index (χ2v) is 8.38. The highest BCUT2D eigenvalue weighted by Gasteiger charge is 2.39. The van der Waals surface area contributed by atoms with Crippen LogP contribution in [0.2, 0.25) is 0 Å². The second-order valence-electron chi connectivity index (χ2n) is 6.48. The number of hydrogen-bond acceptors (Lipinski definition) is 5. The molecular weight excluding hydrogens is 352 g/mol. The normalized spacial score (nSPS) is 20.9. The van der Waals surface area contributed by atoms with Crippen LogP contribution in [0.25, 0.3) is 0 Å². The number of ether oxygens (including phenoxy) is 2. The fraction of sp³-hybridized carbons (Fsp3) is 0.368. The van der Waals surface area contributed by atoms with Gasteiger partial charge in [0.1, 0.15) is 0 Å². The Morgan fingerprint density at radius 2 is 1.65 bits per heavy atom. The molecule has 0 aromatic heterocycles. The van der Waals surface area contributed by atoms with Crippen LogP contribution in [0.1, 0.15) is 17.0 Å². The number of nitrogens with two attached hydrogens (primary N) is 1. The largest absolute Gasteiger partial charge is 0.493 e. The van der Waals surface area contributed by atoms with Gasteiger partial charge >= 0.3 is 0 Å². The van der Waals surface area contributed by atoms with Crippen LogP contribution in [0, 0.1) is 6.92 Å². The van der Waals surface area contributed by atoms with E-state index in [1.165, 1.54) is 24.6 Å². The summed E-state index contributed by atoms with van der Waals surface area (Å²) in [6.45, 7) is 2.40. The third-order valence-corrected chi connectivity index (χ3v) is 6.83. The zero-order valence-corrected chi connectivity index (χ0v) is 16.0. The Hall–Kier alpha value is -2.09. The van der Waals surface area contributed by atoms with Gasteiger partial charge in [-0.3, -0.25) is 0 Å². The van der Waals surface area contributed by atoms with E-state index in [4.69, 9.17) is 15.2 Å². The van der Waals surface area contributed by atoms with Crippen LogP contribution in [0.5, 0.6) is 11.5 Å². The summed E-state index contributed by atoms with van der Waals surface area (Å²) in [5.41, 5.74) is 7.93. The van der Waals surface area contributed by atoms with Crippen LogP contribution in [-0.4, -0.2) is 46.1 Å². The van der Waals surface area contributed by atoms with Gasteiger partial charge in [-0.2, -0.15) is 4.31 Å². The molecule has 2 aromatic carbocycles. The van der Waals surface area contributed by atoms with E-state index in [1.807, 2.05) is 30.3 Å². The van der Waals surface area contributed by atoms with Gasteiger partial charge in [0.2, 0.25) is 10.0 Å². The molecule has 7 heteroatoms. The maximum atomic E-state index is 13.2. The van der Waals surface area contributed by atoms with Crippen molar-refractivity contribution < 1.29 is 17.9 Å². The van der Waals surface area contributed by atoms with Crippen molar-refractivity contribution in [1.29, 1.82) is 0 Å². The average molecular weight is 376 g/mol. The lowest BCUT2D eigenvalue weighted by molar-refractivity contribution is 0.353. The molecular formula is C19H24N2O4S. The van der Waals surface area contributed by atoms with Crippen LogP contribution < -0.4 is 15.2 Å². The van der Waals surface area contributed by atoms with E-state index in [0.29, 0.717) is 23.6 Å². The molecule has 1 aliphatic heterocycles. The van der Waals surface area contributed by atoms with Gasteiger partial charge in [0.15, 0.2) is 11.5 Å². The molecule has 0 saturated carbocycles. The van der Waals surface area contributed by atoms with Crippen LogP contribution in [0.15, 0.2) is 47.4 Å². The predicted octanol–water partition coefficient (Wildman–Crippen LogP) is 2.13. The third-order valence-electron chi connectivity index (χ3n) is 4.86. The zero-order chi connectivity index (χ0) is 18.9. The lowest BCUT2D eigenvalue weighted by Crippen LogP contribution is -2.32. The smallest absolute Gasteiger partial charge is 0.243 e. The fourth-order valence-corrected chi connectivity index (χ4v) is 5.14. The second kappa shape index (κ2) is 7.26. The zero-order valence-electron chi connectivity index (χ0n) is 15.2. The lowest BCUT2D eigenvalue weighted by atomic mass is 9.95. The van der Waals surface area contributed by atoms with Crippen LogP contribution in [-0.2, 0) is 10.0 Å². The molecule has 1 aliphatic rings. The Morgan fingerprint density at radius 1 is 1.04 bits per heavy atom. The molecule has 1 fully saturated rings. The van der Waals surface area contributed by atoms with Gasteiger partial charge in [-0.1, -0.05) is 30.3 Å². The molecule has 2 N–H and O–H groups in total. The number of rotatable bonds is 5. The summed E-state index contributed by atoms with van der Waals surface area (Å²) >= 11 is 0. The van der Waals surface area contributed by atoms with Crippen molar-refractivity contribution in [2.75, 3.05) is 27.3 Å². The summed E-state index contributed by atoms with van der Waals surface area (Å²) in [5.74, 6) is 0.871. The van der Waals surface area contributed by atoms with E-state index in [2.05, 4.69) is 0 Å². The van der Waals surface area contributed by atoms with E-state index in [0.717, 1.165) is 5.56 Å². The molecule has 3 rings (SSSR count). The first-order chi connectivity index (χ1) is 12.4.